The maximum atomic E-state index is 12.9. The number of carbonyl (C=O) groups excluding carboxylic acids is 1. The van der Waals surface area contributed by atoms with Gasteiger partial charge in [0.05, 0.1) is 18.2 Å². The van der Waals surface area contributed by atoms with Gasteiger partial charge in [0.1, 0.15) is 5.82 Å². The minimum atomic E-state index is 0.0762. The summed E-state index contributed by atoms with van der Waals surface area (Å²) in [5.74, 6) is 1.02. The number of rotatable bonds is 7. The first-order valence-corrected chi connectivity index (χ1v) is 9.22. The lowest BCUT2D eigenvalue weighted by Gasteiger charge is -2.25. The van der Waals surface area contributed by atoms with Crippen molar-refractivity contribution in [3.05, 3.63) is 42.4 Å². The molecule has 25 heavy (non-hydrogen) atoms. The second-order valence-corrected chi connectivity index (χ2v) is 6.51. The molecule has 3 rings (SSSR count). The SMILES string of the molecule is CCCN(CC)c1ccc(C(=O)N2CCCC2Cn2cccn2)cn1. The summed E-state index contributed by atoms with van der Waals surface area (Å²) in [6.45, 7) is 7.75. The molecular formula is C19H27N5O. The molecule has 1 amide bonds. The molecule has 6 nitrogen and oxygen atoms in total. The molecule has 0 bridgehead atoms. The number of likely N-dealkylation sites (tertiary alicyclic amines) is 1. The number of anilines is 1. The minimum absolute atomic E-state index is 0.0762. The van der Waals surface area contributed by atoms with E-state index in [0.717, 1.165) is 51.3 Å². The molecule has 1 unspecified atom stereocenters. The Bertz CT molecular complexity index is 668. The Balaban J connectivity index is 1.69. The second-order valence-electron chi connectivity index (χ2n) is 6.51. The van der Waals surface area contributed by atoms with Crippen molar-refractivity contribution in [1.29, 1.82) is 0 Å². The van der Waals surface area contributed by atoms with Gasteiger partial charge in [-0.1, -0.05) is 6.92 Å². The van der Waals surface area contributed by atoms with E-state index in [1.165, 1.54) is 0 Å². The number of aromatic nitrogens is 3. The van der Waals surface area contributed by atoms with Crippen LogP contribution in [0.25, 0.3) is 0 Å². The zero-order chi connectivity index (χ0) is 17.6. The molecule has 134 valence electrons. The highest BCUT2D eigenvalue weighted by molar-refractivity contribution is 5.94. The summed E-state index contributed by atoms with van der Waals surface area (Å²) in [6.07, 6.45) is 8.60. The summed E-state index contributed by atoms with van der Waals surface area (Å²) >= 11 is 0. The summed E-state index contributed by atoms with van der Waals surface area (Å²) in [6, 6.07) is 6.00. The molecule has 0 aromatic carbocycles. The fraction of sp³-hybridized carbons (Fsp3) is 0.526. The van der Waals surface area contributed by atoms with Crippen LogP contribution in [0.5, 0.6) is 0 Å². The van der Waals surface area contributed by atoms with Crippen molar-refractivity contribution in [3.8, 4) is 0 Å². The van der Waals surface area contributed by atoms with Crippen LogP contribution in [0.2, 0.25) is 0 Å². The van der Waals surface area contributed by atoms with Crippen molar-refractivity contribution < 1.29 is 4.79 Å². The monoisotopic (exact) mass is 341 g/mol. The highest BCUT2D eigenvalue weighted by atomic mass is 16.2. The molecule has 0 spiro atoms. The van der Waals surface area contributed by atoms with Crippen LogP contribution < -0.4 is 4.90 Å². The van der Waals surface area contributed by atoms with Crippen molar-refractivity contribution in [2.75, 3.05) is 24.5 Å². The van der Waals surface area contributed by atoms with E-state index in [2.05, 4.69) is 28.8 Å². The van der Waals surface area contributed by atoms with E-state index in [4.69, 9.17) is 0 Å². The minimum Gasteiger partial charge on any atom is -0.357 e. The molecule has 0 radical (unpaired) electrons. The Hall–Kier alpha value is -2.37. The Morgan fingerprint density at radius 3 is 2.88 bits per heavy atom. The van der Waals surface area contributed by atoms with Crippen molar-refractivity contribution in [3.63, 3.8) is 0 Å². The van der Waals surface area contributed by atoms with Crippen LogP contribution in [0.4, 0.5) is 5.82 Å². The lowest BCUT2D eigenvalue weighted by molar-refractivity contribution is 0.0721. The molecule has 0 saturated carbocycles. The zero-order valence-electron chi connectivity index (χ0n) is 15.1. The molecule has 2 aromatic rings. The van der Waals surface area contributed by atoms with Crippen LogP contribution in [0.3, 0.4) is 0 Å². The molecule has 1 aliphatic heterocycles. The summed E-state index contributed by atoms with van der Waals surface area (Å²) in [7, 11) is 0. The first-order valence-electron chi connectivity index (χ1n) is 9.22. The Kier molecular flexibility index (Phi) is 5.68. The number of hydrogen-bond acceptors (Lipinski definition) is 4. The molecule has 1 aliphatic rings. The second kappa shape index (κ2) is 8.14. The first-order chi connectivity index (χ1) is 12.2. The van der Waals surface area contributed by atoms with E-state index in [-0.39, 0.29) is 11.9 Å². The van der Waals surface area contributed by atoms with E-state index in [9.17, 15) is 4.79 Å². The average molecular weight is 341 g/mol. The highest BCUT2D eigenvalue weighted by Crippen LogP contribution is 2.22. The molecule has 0 N–H and O–H groups in total. The lowest BCUT2D eigenvalue weighted by atomic mass is 10.2. The van der Waals surface area contributed by atoms with E-state index in [1.807, 2.05) is 34.0 Å². The maximum Gasteiger partial charge on any atom is 0.255 e. The number of hydrogen-bond donors (Lipinski definition) is 0. The van der Waals surface area contributed by atoms with Crippen LogP contribution >= 0.6 is 0 Å². The van der Waals surface area contributed by atoms with Gasteiger partial charge in [-0.15, -0.1) is 0 Å². The molecule has 1 saturated heterocycles. The Labute approximate surface area is 149 Å². The van der Waals surface area contributed by atoms with Crippen molar-refractivity contribution in [2.24, 2.45) is 0 Å². The zero-order valence-corrected chi connectivity index (χ0v) is 15.1. The predicted octanol–water partition coefficient (Wildman–Crippen LogP) is 2.82. The highest BCUT2D eigenvalue weighted by Gasteiger charge is 2.30. The van der Waals surface area contributed by atoms with Gasteiger partial charge in [0, 0.05) is 38.2 Å². The van der Waals surface area contributed by atoms with E-state index < -0.39 is 0 Å². The maximum absolute atomic E-state index is 12.9. The Morgan fingerprint density at radius 1 is 1.36 bits per heavy atom. The molecule has 0 aliphatic carbocycles. The van der Waals surface area contributed by atoms with Gasteiger partial charge >= 0.3 is 0 Å². The first kappa shape index (κ1) is 17.5. The van der Waals surface area contributed by atoms with Crippen LogP contribution in [0.1, 0.15) is 43.5 Å². The van der Waals surface area contributed by atoms with Crippen LogP contribution in [-0.4, -0.2) is 51.2 Å². The fourth-order valence-electron chi connectivity index (χ4n) is 3.49. The van der Waals surface area contributed by atoms with Gasteiger partial charge in [-0.05, 0) is 44.4 Å². The Morgan fingerprint density at radius 2 is 2.24 bits per heavy atom. The summed E-state index contributed by atoms with van der Waals surface area (Å²) < 4.78 is 1.90. The van der Waals surface area contributed by atoms with Gasteiger partial charge in [-0.25, -0.2) is 4.98 Å². The summed E-state index contributed by atoms with van der Waals surface area (Å²) in [5, 5.41) is 4.26. The lowest BCUT2D eigenvalue weighted by Crippen LogP contribution is -2.38. The molecule has 3 heterocycles. The molecular weight excluding hydrogens is 314 g/mol. The van der Waals surface area contributed by atoms with E-state index in [1.54, 1.807) is 12.4 Å². The van der Waals surface area contributed by atoms with Crippen LogP contribution in [0, 0.1) is 0 Å². The van der Waals surface area contributed by atoms with Gasteiger partial charge in [-0.2, -0.15) is 5.10 Å². The van der Waals surface area contributed by atoms with Crippen molar-refractivity contribution >= 4 is 11.7 Å². The van der Waals surface area contributed by atoms with Crippen molar-refractivity contribution in [1.82, 2.24) is 19.7 Å². The molecule has 1 atom stereocenters. The van der Waals surface area contributed by atoms with Gasteiger partial charge in [-0.3, -0.25) is 9.48 Å². The summed E-state index contributed by atoms with van der Waals surface area (Å²) in [4.78, 5) is 21.6. The standard InChI is InChI=1S/C19H27N5O/c1-3-11-22(4-2)18-9-8-16(14-20-18)19(25)24-13-5-7-17(24)15-23-12-6-10-21-23/h6,8-10,12,14,17H,3-5,7,11,13,15H2,1-2H3. The number of carbonyl (C=O) groups is 1. The smallest absolute Gasteiger partial charge is 0.255 e. The van der Waals surface area contributed by atoms with Crippen molar-refractivity contribution in [2.45, 2.75) is 45.7 Å². The fourth-order valence-corrected chi connectivity index (χ4v) is 3.49. The van der Waals surface area contributed by atoms with Crippen LogP contribution in [-0.2, 0) is 6.54 Å². The topological polar surface area (TPSA) is 54.3 Å². The van der Waals surface area contributed by atoms with Gasteiger partial charge in [0.25, 0.3) is 5.91 Å². The molecule has 6 heteroatoms. The summed E-state index contributed by atoms with van der Waals surface area (Å²) in [5.41, 5.74) is 0.670. The van der Waals surface area contributed by atoms with Gasteiger partial charge < -0.3 is 9.80 Å². The van der Waals surface area contributed by atoms with E-state index >= 15 is 0 Å². The van der Waals surface area contributed by atoms with Crippen LogP contribution in [0.15, 0.2) is 36.8 Å². The number of pyridine rings is 1. The third kappa shape index (κ3) is 4.00. The molecule has 2 aromatic heterocycles. The third-order valence-corrected chi connectivity index (χ3v) is 4.79. The quantitative estimate of drug-likeness (QED) is 0.777. The normalized spacial score (nSPS) is 17.0. The number of amides is 1. The van der Waals surface area contributed by atoms with Gasteiger partial charge in [0.15, 0.2) is 0 Å². The van der Waals surface area contributed by atoms with E-state index in [0.29, 0.717) is 5.56 Å². The predicted molar refractivity (Wildman–Crippen MR) is 98.7 cm³/mol. The third-order valence-electron chi connectivity index (χ3n) is 4.79. The molecule has 1 fully saturated rings. The largest absolute Gasteiger partial charge is 0.357 e. The number of nitrogens with zero attached hydrogens (tertiary/aromatic N) is 5. The van der Waals surface area contributed by atoms with Gasteiger partial charge in [0.2, 0.25) is 0 Å². The average Bonchev–Trinajstić information content (AvgIpc) is 3.32.